The highest BCUT2D eigenvalue weighted by Gasteiger charge is 2.12. The number of rotatable bonds is 4. The number of aromatic nitrogens is 3. The summed E-state index contributed by atoms with van der Waals surface area (Å²) >= 11 is 0. The fourth-order valence-electron chi connectivity index (χ4n) is 2.05. The molecule has 0 amide bonds. The van der Waals surface area contributed by atoms with E-state index < -0.39 is 0 Å². The number of nitrogens with zero attached hydrogens (tertiary/aromatic N) is 4. The lowest BCUT2D eigenvalue weighted by Gasteiger charge is -2.14. The van der Waals surface area contributed by atoms with Crippen LogP contribution in [0.5, 0.6) is 0 Å². The first-order valence-corrected chi connectivity index (χ1v) is 6.37. The fourth-order valence-corrected chi connectivity index (χ4v) is 2.05. The second-order valence-corrected chi connectivity index (χ2v) is 4.99. The molecule has 0 atom stereocenters. The number of hydrogen-bond donors (Lipinski definition) is 1. The summed E-state index contributed by atoms with van der Waals surface area (Å²) in [7, 11) is 7.05. The van der Waals surface area contributed by atoms with Crippen molar-refractivity contribution in [3.8, 4) is 0 Å². The van der Waals surface area contributed by atoms with Gasteiger partial charge in [-0.1, -0.05) is 0 Å². The smallest absolute Gasteiger partial charge is 0.332 e. The third-order valence-corrected chi connectivity index (χ3v) is 3.22. The molecular weight excluding hydrogens is 258 g/mol. The normalized spacial score (nSPS) is 11.2. The summed E-state index contributed by atoms with van der Waals surface area (Å²) in [5, 5.41) is 3.66. The van der Waals surface area contributed by atoms with Crippen LogP contribution in [-0.4, -0.2) is 46.2 Å². The quantitative estimate of drug-likeness (QED) is 0.824. The van der Waals surface area contributed by atoms with Crippen LogP contribution in [0.1, 0.15) is 0 Å². The highest BCUT2D eigenvalue weighted by molar-refractivity contribution is 5.87. The number of aryl methyl sites for hydroxylation is 1. The van der Waals surface area contributed by atoms with Gasteiger partial charge in [-0.15, -0.1) is 0 Å². The van der Waals surface area contributed by atoms with Crippen LogP contribution >= 0.6 is 0 Å². The molecule has 0 aliphatic rings. The van der Waals surface area contributed by atoms with Crippen molar-refractivity contribution in [1.82, 2.24) is 19.0 Å². The number of pyridine rings is 1. The lowest BCUT2D eigenvalue weighted by atomic mass is 10.2. The number of anilines is 1. The van der Waals surface area contributed by atoms with Crippen LogP contribution in [0.25, 0.3) is 11.0 Å². The van der Waals surface area contributed by atoms with Gasteiger partial charge in [0, 0.05) is 33.4 Å². The number of hydrogen-bond acceptors (Lipinski definition) is 5. The summed E-state index contributed by atoms with van der Waals surface area (Å²) < 4.78 is 2.48. The Kier molecular flexibility index (Phi) is 3.89. The summed E-state index contributed by atoms with van der Waals surface area (Å²) in [6, 6.07) is 1.75. The molecule has 1 N–H and O–H groups in total. The molecule has 2 heterocycles. The van der Waals surface area contributed by atoms with Crippen LogP contribution < -0.4 is 16.6 Å². The first-order chi connectivity index (χ1) is 9.43. The highest BCUT2D eigenvalue weighted by atomic mass is 16.2. The van der Waals surface area contributed by atoms with Crippen molar-refractivity contribution in [1.29, 1.82) is 0 Å². The summed E-state index contributed by atoms with van der Waals surface area (Å²) in [6.45, 7) is 1.55. The van der Waals surface area contributed by atoms with Crippen molar-refractivity contribution in [2.75, 3.05) is 32.5 Å². The van der Waals surface area contributed by atoms with Gasteiger partial charge in [-0.25, -0.2) is 9.78 Å². The third-order valence-electron chi connectivity index (χ3n) is 3.22. The maximum Gasteiger partial charge on any atom is 0.332 e. The second-order valence-electron chi connectivity index (χ2n) is 4.99. The van der Waals surface area contributed by atoms with Crippen LogP contribution in [0, 0.1) is 0 Å². The molecular formula is C13H19N5O2. The predicted molar refractivity (Wildman–Crippen MR) is 79.3 cm³/mol. The molecule has 7 nitrogen and oxygen atoms in total. The van der Waals surface area contributed by atoms with Crippen molar-refractivity contribution < 1.29 is 0 Å². The van der Waals surface area contributed by atoms with E-state index >= 15 is 0 Å². The van der Waals surface area contributed by atoms with E-state index in [-0.39, 0.29) is 11.2 Å². The minimum absolute atomic E-state index is 0.330. The fraction of sp³-hybridized carbons (Fsp3) is 0.462. The van der Waals surface area contributed by atoms with E-state index in [9.17, 15) is 9.59 Å². The second kappa shape index (κ2) is 5.46. The molecule has 2 aromatic rings. The standard InChI is InChI=1S/C13H19N5O2/c1-16(2)8-7-14-9-5-6-15-11-10(9)12(19)18(4)13(20)17(11)3/h5-6H,7-8H2,1-4H3,(H,14,15). The van der Waals surface area contributed by atoms with Crippen molar-refractivity contribution in [3.05, 3.63) is 33.1 Å². The molecule has 108 valence electrons. The number of fused-ring (bicyclic) bond motifs is 1. The van der Waals surface area contributed by atoms with Gasteiger partial charge in [0.05, 0.1) is 5.69 Å². The molecule has 0 spiro atoms. The maximum absolute atomic E-state index is 12.3. The number of likely N-dealkylation sites (N-methyl/N-ethyl adjacent to an activating group) is 1. The summed E-state index contributed by atoms with van der Waals surface area (Å²) in [5.41, 5.74) is 0.394. The van der Waals surface area contributed by atoms with Crippen LogP contribution in [0.15, 0.2) is 21.9 Å². The lowest BCUT2D eigenvalue weighted by molar-refractivity contribution is 0.425. The van der Waals surface area contributed by atoms with Gasteiger partial charge in [-0.3, -0.25) is 13.9 Å². The van der Waals surface area contributed by atoms with Crippen molar-refractivity contribution >= 4 is 16.7 Å². The monoisotopic (exact) mass is 277 g/mol. The minimum atomic E-state index is -0.375. The minimum Gasteiger partial charge on any atom is -0.383 e. The molecule has 0 radical (unpaired) electrons. The van der Waals surface area contributed by atoms with Gasteiger partial charge in [0.1, 0.15) is 5.39 Å². The van der Waals surface area contributed by atoms with Crippen LogP contribution in [-0.2, 0) is 14.1 Å². The molecule has 2 rings (SSSR count). The van der Waals surface area contributed by atoms with Gasteiger partial charge in [-0.2, -0.15) is 0 Å². The average Bonchev–Trinajstić information content (AvgIpc) is 2.42. The predicted octanol–water partition coefficient (Wildman–Crippen LogP) is -0.394. The third kappa shape index (κ3) is 2.44. The molecule has 0 aliphatic heterocycles. The van der Waals surface area contributed by atoms with Crippen molar-refractivity contribution in [3.63, 3.8) is 0 Å². The van der Waals surface area contributed by atoms with Gasteiger partial charge >= 0.3 is 5.69 Å². The topological polar surface area (TPSA) is 72.2 Å². The summed E-state index contributed by atoms with van der Waals surface area (Å²) in [5.74, 6) is 0. The molecule has 2 aromatic heterocycles. The molecule has 0 saturated carbocycles. The molecule has 0 aliphatic carbocycles. The first kappa shape index (κ1) is 14.3. The zero-order valence-electron chi connectivity index (χ0n) is 12.2. The Morgan fingerprint density at radius 1 is 1.25 bits per heavy atom. The molecule has 0 fully saturated rings. The van der Waals surface area contributed by atoms with Crippen LogP contribution in [0.2, 0.25) is 0 Å². The van der Waals surface area contributed by atoms with E-state index in [0.29, 0.717) is 23.3 Å². The van der Waals surface area contributed by atoms with Gasteiger partial charge in [-0.05, 0) is 20.2 Å². The molecule has 20 heavy (non-hydrogen) atoms. The van der Waals surface area contributed by atoms with Gasteiger partial charge in [0.15, 0.2) is 5.65 Å². The van der Waals surface area contributed by atoms with E-state index in [1.165, 1.54) is 11.6 Å². The lowest BCUT2D eigenvalue weighted by Crippen LogP contribution is -2.37. The molecule has 0 bridgehead atoms. The first-order valence-electron chi connectivity index (χ1n) is 6.37. The Bertz CT molecular complexity index is 745. The van der Waals surface area contributed by atoms with Crippen LogP contribution in [0.3, 0.4) is 0 Å². The largest absolute Gasteiger partial charge is 0.383 e. The Morgan fingerprint density at radius 3 is 2.60 bits per heavy atom. The SMILES string of the molecule is CN(C)CCNc1ccnc2c1c(=O)n(C)c(=O)n2C. The Balaban J connectivity index is 2.57. The van der Waals surface area contributed by atoms with Crippen LogP contribution in [0.4, 0.5) is 5.69 Å². The van der Waals surface area contributed by atoms with E-state index in [1.807, 2.05) is 19.0 Å². The summed E-state index contributed by atoms with van der Waals surface area (Å²) in [4.78, 5) is 30.3. The van der Waals surface area contributed by atoms with Crippen molar-refractivity contribution in [2.24, 2.45) is 14.1 Å². The molecule has 0 saturated heterocycles. The average molecular weight is 277 g/mol. The van der Waals surface area contributed by atoms with E-state index in [0.717, 1.165) is 11.1 Å². The highest BCUT2D eigenvalue weighted by Crippen LogP contribution is 2.15. The summed E-state index contributed by atoms with van der Waals surface area (Å²) in [6.07, 6.45) is 1.60. The van der Waals surface area contributed by atoms with Crippen molar-refractivity contribution in [2.45, 2.75) is 0 Å². The van der Waals surface area contributed by atoms with E-state index in [2.05, 4.69) is 10.3 Å². The zero-order chi connectivity index (χ0) is 14.9. The Hall–Kier alpha value is -2.15. The van der Waals surface area contributed by atoms with Gasteiger partial charge in [0.2, 0.25) is 0 Å². The number of nitrogens with one attached hydrogen (secondary N) is 1. The zero-order valence-corrected chi connectivity index (χ0v) is 12.2. The Labute approximate surface area is 116 Å². The molecule has 0 aromatic carbocycles. The van der Waals surface area contributed by atoms with Gasteiger partial charge in [0.25, 0.3) is 5.56 Å². The maximum atomic E-state index is 12.3. The van der Waals surface area contributed by atoms with Gasteiger partial charge < -0.3 is 10.2 Å². The molecule has 7 heteroatoms. The Morgan fingerprint density at radius 2 is 1.95 bits per heavy atom. The van der Waals surface area contributed by atoms with E-state index in [4.69, 9.17) is 0 Å². The van der Waals surface area contributed by atoms with E-state index in [1.54, 1.807) is 19.3 Å². The molecule has 0 unspecified atom stereocenters.